The number of pyridine rings is 1. The van der Waals surface area contributed by atoms with Crippen LogP contribution in [0.25, 0.3) is 10.8 Å². The number of aromatic nitrogens is 1. The highest BCUT2D eigenvalue weighted by Gasteiger charge is 2.09. The van der Waals surface area contributed by atoms with E-state index in [2.05, 4.69) is 27.3 Å². The molecule has 0 saturated carbocycles. The molecule has 1 amide bonds. The molecule has 5 heteroatoms. The molecule has 0 spiro atoms. The Balaban J connectivity index is 1.90. The number of nitrogens with one attached hydrogen (secondary N) is 1. The molecule has 0 aliphatic heterocycles. The van der Waals surface area contributed by atoms with Crippen molar-refractivity contribution in [3.05, 3.63) is 71.5 Å². The number of carbonyl (C=O) groups is 1. The molecule has 0 fully saturated rings. The molecule has 2 aromatic carbocycles. The lowest BCUT2D eigenvalue weighted by molar-refractivity contribution is 0.100. The number of anilines is 1. The number of amides is 1. The monoisotopic (exact) mass is 334 g/mol. The average Bonchev–Trinajstić information content (AvgIpc) is 2.60. The molecule has 3 aromatic rings. The smallest absolute Gasteiger partial charge is 0.248 e. The fraction of sp³-hybridized carbons (Fsp3) is 0.200. The van der Waals surface area contributed by atoms with Gasteiger partial charge in [-0.3, -0.25) is 9.78 Å². The Hall–Kier alpha value is -2.92. The molecule has 0 aliphatic carbocycles. The maximum atomic E-state index is 11.5. The normalized spacial score (nSPS) is 11.0. The van der Waals surface area contributed by atoms with E-state index < -0.39 is 5.91 Å². The number of benzene rings is 2. The highest BCUT2D eigenvalue weighted by Crippen LogP contribution is 2.22. The van der Waals surface area contributed by atoms with E-state index in [1.165, 1.54) is 5.39 Å². The van der Waals surface area contributed by atoms with E-state index in [1.54, 1.807) is 6.07 Å². The SMILES string of the molecule is CN(C)Cc1ccc(C(N)=O)cc1NCc1cncc2ccccc12. The second-order valence-corrected chi connectivity index (χ2v) is 6.35. The van der Waals surface area contributed by atoms with Gasteiger partial charge in [0.25, 0.3) is 0 Å². The third-order valence-corrected chi connectivity index (χ3v) is 4.10. The Morgan fingerprint density at radius 1 is 1.12 bits per heavy atom. The largest absolute Gasteiger partial charge is 0.381 e. The van der Waals surface area contributed by atoms with Gasteiger partial charge in [0, 0.05) is 42.1 Å². The predicted molar refractivity (Wildman–Crippen MR) is 101 cm³/mol. The van der Waals surface area contributed by atoms with E-state index in [1.807, 2.05) is 50.8 Å². The molecule has 0 aliphatic rings. The van der Waals surface area contributed by atoms with Crippen molar-refractivity contribution in [2.24, 2.45) is 5.73 Å². The van der Waals surface area contributed by atoms with Gasteiger partial charge < -0.3 is 16.0 Å². The van der Waals surface area contributed by atoms with Crippen molar-refractivity contribution < 1.29 is 4.79 Å². The fourth-order valence-corrected chi connectivity index (χ4v) is 2.88. The number of carbonyl (C=O) groups excluding carboxylic acids is 1. The van der Waals surface area contributed by atoms with Gasteiger partial charge in [0.1, 0.15) is 0 Å². The first-order valence-electron chi connectivity index (χ1n) is 8.17. The van der Waals surface area contributed by atoms with Crippen LogP contribution in [0.3, 0.4) is 0 Å². The van der Waals surface area contributed by atoms with E-state index in [4.69, 9.17) is 5.73 Å². The van der Waals surface area contributed by atoms with Gasteiger partial charge >= 0.3 is 0 Å². The van der Waals surface area contributed by atoms with Crippen molar-refractivity contribution in [3.63, 3.8) is 0 Å². The minimum atomic E-state index is -0.425. The van der Waals surface area contributed by atoms with Crippen LogP contribution in [-0.2, 0) is 13.1 Å². The highest BCUT2D eigenvalue weighted by molar-refractivity contribution is 5.94. The van der Waals surface area contributed by atoms with Crippen LogP contribution in [0.4, 0.5) is 5.69 Å². The van der Waals surface area contributed by atoms with Crippen molar-refractivity contribution in [1.29, 1.82) is 0 Å². The van der Waals surface area contributed by atoms with E-state index in [-0.39, 0.29) is 0 Å². The van der Waals surface area contributed by atoms with Gasteiger partial charge in [0.15, 0.2) is 0 Å². The maximum absolute atomic E-state index is 11.5. The van der Waals surface area contributed by atoms with Gasteiger partial charge in [-0.15, -0.1) is 0 Å². The molecule has 0 unspecified atom stereocenters. The fourth-order valence-electron chi connectivity index (χ4n) is 2.88. The van der Waals surface area contributed by atoms with Gasteiger partial charge in [-0.2, -0.15) is 0 Å². The van der Waals surface area contributed by atoms with Crippen LogP contribution < -0.4 is 11.1 Å². The molecule has 0 saturated heterocycles. The Bertz CT molecular complexity index is 900. The topological polar surface area (TPSA) is 71.2 Å². The molecule has 0 atom stereocenters. The van der Waals surface area contributed by atoms with Crippen LogP contribution in [0.2, 0.25) is 0 Å². The second-order valence-electron chi connectivity index (χ2n) is 6.35. The number of hydrogen-bond donors (Lipinski definition) is 2. The average molecular weight is 334 g/mol. The molecule has 0 bridgehead atoms. The van der Waals surface area contributed by atoms with Crippen LogP contribution >= 0.6 is 0 Å². The van der Waals surface area contributed by atoms with E-state index >= 15 is 0 Å². The molecular formula is C20H22N4O. The van der Waals surface area contributed by atoms with Crippen LogP contribution in [0, 0.1) is 0 Å². The zero-order valence-corrected chi connectivity index (χ0v) is 14.5. The molecule has 1 heterocycles. The van der Waals surface area contributed by atoms with Gasteiger partial charge in [-0.05, 0) is 42.7 Å². The quantitative estimate of drug-likeness (QED) is 0.727. The molecular weight excluding hydrogens is 312 g/mol. The van der Waals surface area contributed by atoms with Crippen LogP contribution in [0.15, 0.2) is 54.9 Å². The molecule has 25 heavy (non-hydrogen) atoms. The first-order chi connectivity index (χ1) is 12.0. The van der Waals surface area contributed by atoms with E-state index in [0.717, 1.165) is 28.7 Å². The lowest BCUT2D eigenvalue weighted by Crippen LogP contribution is -2.15. The summed E-state index contributed by atoms with van der Waals surface area (Å²) in [6, 6.07) is 13.7. The van der Waals surface area contributed by atoms with Crippen LogP contribution in [0.1, 0.15) is 21.5 Å². The number of hydrogen-bond acceptors (Lipinski definition) is 4. The molecule has 3 rings (SSSR count). The first kappa shape index (κ1) is 16.9. The number of nitrogens with zero attached hydrogens (tertiary/aromatic N) is 2. The van der Waals surface area contributed by atoms with Gasteiger partial charge in [0.05, 0.1) is 0 Å². The van der Waals surface area contributed by atoms with Crippen molar-refractivity contribution in [3.8, 4) is 0 Å². The van der Waals surface area contributed by atoms with Crippen molar-refractivity contribution in [2.75, 3.05) is 19.4 Å². The molecule has 128 valence electrons. The van der Waals surface area contributed by atoms with Crippen molar-refractivity contribution in [2.45, 2.75) is 13.1 Å². The Labute approximate surface area is 147 Å². The zero-order valence-electron chi connectivity index (χ0n) is 14.5. The molecule has 3 N–H and O–H groups in total. The molecule has 5 nitrogen and oxygen atoms in total. The van der Waals surface area contributed by atoms with Crippen molar-refractivity contribution >= 4 is 22.4 Å². The Morgan fingerprint density at radius 3 is 2.68 bits per heavy atom. The number of rotatable bonds is 6. The summed E-state index contributed by atoms with van der Waals surface area (Å²) < 4.78 is 0. The maximum Gasteiger partial charge on any atom is 0.248 e. The van der Waals surface area contributed by atoms with Gasteiger partial charge in [-0.25, -0.2) is 0 Å². The molecule has 0 radical (unpaired) electrons. The summed E-state index contributed by atoms with van der Waals surface area (Å²) in [6.45, 7) is 1.39. The van der Waals surface area contributed by atoms with Gasteiger partial charge in [-0.1, -0.05) is 30.3 Å². The first-order valence-corrected chi connectivity index (χ1v) is 8.17. The second kappa shape index (κ2) is 7.32. The minimum Gasteiger partial charge on any atom is -0.381 e. The third kappa shape index (κ3) is 3.95. The summed E-state index contributed by atoms with van der Waals surface area (Å²) in [5.74, 6) is -0.425. The zero-order chi connectivity index (χ0) is 17.8. The number of nitrogens with two attached hydrogens (primary N) is 1. The number of fused-ring (bicyclic) bond motifs is 1. The summed E-state index contributed by atoms with van der Waals surface area (Å²) in [4.78, 5) is 17.9. The Kier molecular flexibility index (Phi) is 4.95. The summed E-state index contributed by atoms with van der Waals surface area (Å²) in [7, 11) is 4.03. The predicted octanol–water partition coefficient (Wildman–Crippen LogP) is 3.01. The summed E-state index contributed by atoms with van der Waals surface area (Å²) in [6.07, 6.45) is 3.74. The molecule has 1 aromatic heterocycles. The van der Waals surface area contributed by atoms with E-state index in [9.17, 15) is 4.79 Å². The lowest BCUT2D eigenvalue weighted by atomic mass is 10.1. The Morgan fingerprint density at radius 2 is 1.92 bits per heavy atom. The highest BCUT2D eigenvalue weighted by atomic mass is 16.1. The van der Waals surface area contributed by atoms with Gasteiger partial charge in [0.2, 0.25) is 5.91 Å². The van der Waals surface area contributed by atoms with Crippen molar-refractivity contribution in [1.82, 2.24) is 9.88 Å². The summed E-state index contributed by atoms with van der Waals surface area (Å²) in [5, 5.41) is 5.73. The van der Waals surface area contributed by atoms with Crippen LogP contribution in [0.5, 0.6) is 0 Å². The number of primary amides is 1. The van der Waals surface area contributed by atoms with Crippen LogP contribution in [-0.4, -0.2) is 29.9 Å². The summed E-state index contributed by atoms with van der Waals surface area (Å²) >= 11 is 0. The van der Waals surface area contributed by atoms with E-state index in [0.29, 0.717) is 12.1 Å². The standard InChI is InChI=1S/C20H22N4O/c1-24(2)13-16-8-7-14(20(21)25)9-19(16)23-12-17-11-22-10-15-5-3-4-6-18(15)17/h3-11,23H,12-13H2,1-2H3,(H2,21,25). The lowest BCUT2D eigenvalue weighted by Gasteiger charge is -2.17. The minimum absolute atomic E-state index is 0.425. The summed E-state index contributed by atoms with van der Waals surface area (Å²) in [5.41, 5.74) is 9.07. The third-order valence-electron chi connectivity index (χ3n) is 4.10.